The fraction of sp³-hybridized carbons (Fsp3) is 0.316. The molecular weight excluding hydrogens is 394 g/mol. The molecule has 0 saturated carbocycles. The van der Waals surface area contributed by atoms with Gasteiger partial charge in [-0.1, -0.05) is 6.07 Å². The fourth-order valence-corrected chi connectivity index (χ4v) is 4.12. The standard InChI is InChI=1S/C19H19N5O4S/c1-2-28-19(27)14-15(12-10-20-11-21-16(12)22-17(14)25)23-5-7-24(8-6-23)18(26)13-4-3-9-29-13/h3-4,9-11H,2,5-8H2,1H3,(H,20,21,22,25). The zero-order valence-electron chi connectivity index (χ0n) is 15.8. The van der Waals surface area contributed by atoms with Crippen LogP contribution in [0.5, 0.6) is 0 Å². The molecule has 3 aromatic heterocycles. The third-order valence-corrected chi connectivity index (χ3v) is 5.62. The molecule has 4 heterocycles. The van der Waals surface area contributed by atoms with Gasteiger partial charge in [-0.15, -0.1) is 11.3 Å². The minimum absolute atomic E-state index is 0.00985. The predicted octanol–water partition coefficient (Wildman–Crippen LogP) is 1.52. The van der Waals surface area contributed by atoms with Crippen LogP contribution in [0.3, 0.4) is 0 Å². The smallest absolute Gasteiger partial charge is 0.345 e. The van der Waals surface area contributed by atoms with Gasteiger partial charge in [-0.2, -0.15) is 0 Å². The number of thiophene rings is 1. The first-order valence-corrected chi connectivity index (χ1v) is 10.1. The van der Waals surface area contributed by atoms with E-state index in [2.05, 4.69) is 15.0 Å². The van der Waals surface area contributed by atoms with Gasteiger partial charge >= 0.3 is 5.97 Å². The number of hydrogen-bond donors (Lipinski definition) is 1. The van der Waals surface area contributed by atoms with Crippen molar-refractivity contribution in [1.29, 1.82) is 0 Å². The molecule has 3 aromatic rings. The van der Waals surface area contributed by atoms with Gasteiger partial charge in [0.25, 0.3) is 11.5 Å². The van der Waals surface area contributed by atoms with Crippen LogP contribution in [0.2, 0.25) is 0 Å². The zero-order valence-corrected chi connectivity index (χ0v) is 16.6. The summed E-state index contributed by atoms with van der Waals surface area (Å²) in [6.07, 6.45) is 2.91. The number of nitrogens with zero attached hydrogens (tertiary/aromatic N) is 4. The Bertz CT molecular complexity index is 1100. The highest BCUT2D eigenvalue weighted by Gasteiger charge is 2.29. The summed E-state index contributed by atoms with van der Waals surface area (Å²) in [7, 11) is 0. The van der Waals surface area contributed by atoms with Gasteiger partial charge in [0.05, 0.1) is 22.6 Å². The number of piperazine rings is 1. The van der Waals surface area contributed by atoms with E-state index in [0.717, 1.165) is 0 Å². The first kappa shape index (κ1) is 19.1. The molecule has 0 radical (unpaired) electrons. The van der Waals surface area contributed by atoms with Crippen LogP contribution >= 0.6 is 11.3 Å². The van der Waals surface area contributed by atoms with E-state index in [0.29, 0.717) is 47.8 Å². The van der Waals surface area contributed by atoms with Gasteiger partial charge in [-0.05, 0) is 18.4 Å². The molecule has 0 unspecified atom stereocenters. The predicted molar refractivity (Wildman–Crippen MR) is 109 cm³/mol. The average Bonchev–Trinajstić information content (AvgIpc) is 3.27. The van der Waals surface area contributed by atoms with Crippen molar-refractivity contribution in [2.45, 2.75) is 6.92 Å². The summed E-state index contributed by atoms with van der Waals surface area (Å²) in [5.74, 6) is -0.698. The lowest BCUT2D eigenvalue weighted by Crippen LogP contribution is -2.49. The lowest BCUT2D eigenvalue weighted by Gasteiger charge is -2.36. The highest BCUT2D eigenvalue weighted by atomic mass is 32.1. The molecule has 0 spiro atoms. The minimum Gasteiger partial charge on any atom is -0.462 e. The molecule has 1 amide bonds. The van der Waals surface area contributed by atoms with Gasteiger partial charge in [0, 0.05) is 32.4 Å². The van der Waals surface area contributed by atoms with Gasteiger partial charge in [-0.25, -0.2) is 14.8 Å². The molecule has 10 heteroatoms. The first-order chi connectivity index (χ1) is 14.1. The Labute approximate surface area is 170 Å². The van der Waals surface area contributed by atoms with Crippen LogP contribution in [0.15, 0.2) is 34.8 Å². The van der Waals surface area contributed by atoms with Crippen molar-refractivity contribution in [1.82, 2.24) is 19.9 Å². The van der Waals surface area contributed by atoms with Gasteiger partial charge in [-0.3, -0.25) is 9.59 Å². The van der Waals surface area contributed by atoms with Gasteiger partial charge in [0.1, 0.15) is 17.5 Å². The molecule has 1 saturated heterocycles. The van der Waals surface area contributed by atoms with Crippen molar-refractivity contribution in [2.24, 2.45) is 0 Å². The maximum atomic E-state index is 12.6. The quantitative estimate of drug-likeness (QED) is 0.646. The van der Waals surface area contributed by atoms with Crippen molar-refractivity contribution in [2.75, 3.05) is 37.7 Å². The minimum atomic E-state index is -0.688. The summed E-state index contributed by atoms with van der Waals surface area (Å²) in [4.78, 5) is 52.9. The number of nitrogens with one attached hydrogen (secondary N) is 1. The molecule has 150 valence electrons. The summed E-state index contributed by atoms with van der Waals surface area (Å²) in [5.41, 5.74) is 0.185. The molecule has 1 fully saturated rings. The van der Waals surface area contributed by atoms with Crippen molar-refractivity contribution in [3.05, 3.63) is 50.8 Å². The molecule has 9 nitrogen and oxygen atoms in total. The van der Waals surface area contributed by atoms with E-state index in [-0.39, 0.29) is 18.1 Å². The van der Waals surface area contributed by atoms with Crippen LogP contribution < -0.4 is 10.5 Å². The second-order valence-corrected chi connectivity index (χ2v) is 7.39. The van der Waals surface area contributed by atoms with Crippen molar-refractivity contribution >= 4 is 39.9 Å². The molecule has 1 aliphatic heterocycles. The van der Waals surface area contributed by atoms with Crippen LogP contribution in [0.4, 0.5) is 5.69 Å². The van der Waals surface area contributed by atoms with Gasteiger partial charge < -0.3 is 19.5 Å². The Hall–Kier alpha value is -3.27. The summed E-state index contributed by atoms with van der Waals surface area (Å²) < 4.78 is 5.11. The monoisotopic (exact) mass is 413 g/mol. The van der Waals surface area contributed by atoms with Crippen molar-refractivity contribution < 1.29 is 14.3 Å². The van der Waals surface area contributed by atoms with Crippen molar-refractivity contribution in [3.8, 4) is 0 Å². The SMILES string of the molecule is CCOC(=O)c1c(N2CCN(C(=O)c3cccs3)CC2)c2cncnc2[nH]c1=O. The number of anilines is 1. The molecule has 1 aliphatic rings. The topological polar surface area (TPSA) is 108 Å². The molecule has 0 aliphatic carbocycles. The van der Waals surface area contributed by atoms with Crippen LogP contribution in [-0.2, 0) is 4.74 Å². The summed E-state index contributed by atoms with van der Waals surface area (Å²) in [6.45, 7) is 3.73. The number of aromatic amines is 1. The highest BCUT2D eigenvalue weighted by Crippen LogP contribution is 2.28. The Morgan fingerprint density at radius 3 is 2.76 bits per heavy atom. The first-order valence-electron chi connectivity index (χ1n) is 9.21. The summed E-state index contributed by atoms with van der Waals surface area (Å²) in [5, 5.41) is 2.44. The average molecular weight is 413 g/mol. The Morgan fingerprint density at radius 2 is 2.07 bits per heavy atom. The molecular formula is C19H19N5O4S. The van der Waals surface area contributed by atoms with E-state index in [4.69, 9.17) is 4.74 Å². The van der Waals surface area contributed by atoms with E-state index in [9.17, 15) is 14.4 Å². The normalized spacial score (nSPS) is 14.2. The number of rotatable bonds is 4. The lowest BCUT2D eigenvalue weighted by atomic mass is 10.1. The Morgan fingerprint density at radius 1 is 1.28 bits per heavy atom. The summed E-state index contributed by atoms with van der Waals surface area (Å²) in [6, 6.07) is 3.65. The van der Waals surface area contributed by atoms with Crippen LogP contribution in [0, 0.1) is 0 Å². The molecule has 0 bridgehead atoms. The zero-order chi connectivity index (χ0) is 20.4. The number of ether oxygens (including phenoxy) is 1. The van der Waals surface area contributed by atoms with E-state index in [1.807, 2.05) is 16.3 Å². The van der Waals surface area contributed by atoms with E-state index in [1.165, 1.54) is 17.7 Å². The van der Waals surface area contributed by atoms with Crippen LogP contribution in [-0.4, -0.2) is 64.5 Å². The van der Waals surface area contributed by atoms with Crippen LogP contribution in [0.25, 0.3) is 11.0 Å². The van der Waals surface area contributed by atoms with E-state index < -0.39 is 11.5 Å². The third kappa shape index (κ3) is 3.58. The number of pyridine rings is 1. The number of hydrogen-bond acceptors (Lipinski definition) is 8. The highest BCUT2D eigenvalue weighted by molar-refractivity contribution is 7.12. The Balaban J connectivity index is 1.68. The molecule has 0 aromatic carbocycles. The number of amides is 1. The van der Waals surface area contributed by atoms with Gasteiger partial charge in [0.15, 0.2) is 0 Å². The molecule has 0 atom stereocenters. The van der Waals surface area contributed by atoms with Gasteiger partial charge in [0.2, 0.25) is 0 Å². The van der Waals surface area contributed by atoms with E-state index in [1.54, 1.807) is 24.1 Å². The van der Waals surface area contributed by atoms with Crippen LogP contribution in [0.1, 0.15) is 27.0 Å². The lowest BCUT2D eigenvalue weighted by molar-refractivity contribution is 0.0524. The molecule has 1 N–H and O–H groups in total. The number of aromatic nitrogens is 3. The van der Waals surface area contributed by atoms with E-state index >= 15 is 0 Å². The Kier molecular flexibility index (Phi) is 5.26. The fourth-order valence-electron chi connectivity index (χ4n) is 3.43. The maximum absolute atomic E-state index is 12.6. The number of fused-ring (bicyclic) bond motifs is 1. The summed E-state index contributed by atoms with van der Waals surface area (Å²) >= 11 is 1.41. The van der Waals surface area contributed by atoms with Crippen molar-refractivity contribution in [3.63, 3.8) is 0 Å². The number of H-pyrrole nitrogens is 1. The number of esters is 1. The third-order valence-electron chi connectivity index (χ3n) is 4.76. The number of carbonyl (C=O) groups excluding carboxylic acids is 2. The largest absolute Gasteiger partial charge is 0.462 e. The molecule has 4 rings (SSSR count). The second kappa shape index (κ2) is 8.00. The molecule has 29 heavy (non-hydrogen) atoms. The maximum Gasteiger partial charge on any atom is 0.345 e. The number of carbonyl (C=O) groups is 2. The second-order valence-electron chi connectivity index (χ2n) is 6.44.